The molecule has 1 heterocycles. The molecule has 0 radical (unpaired) electrons. The molecule has 0 atom stereocenters. The minimum Gasteiger partial charge on any atom is -0.489 e. The highest BCUT2D eigenvalue weighted by Crippen LogP contribution is 2.19. The van der Waals surface area contributed by atoms with Crippen molar-refractivity contribution >= 4 is 17.6 Å². The second-order valence-electron chi connectivity index (χ2n) is 6.61. The van der Waals surface area contributed by atoms with E-state index in [0.717, 1.165) is 16.8 Å². The Balaban J connectivity index is 1.53. The number of esters is 1. The summed E-state index contributed by atoms with van der Waals surface area (Å²) in [6, 6.07) is 13.9. The number of carbonyl (C=O) groups is 2. The van der Waals surface area contributed by atoms with Crippen LogP contribution in [0.4, 0.5) is 5.69 Å². The maximum Gasteiger partial charge on any atom is 0.338 e. The smallest absolute Gasteiger partial charge is 0.338 e. The third-order valence-electron chi connectivity index (χ3n) is 4.30. The fourth-order valence-electron chi connectivity index (χ4n) is 2.62. The summed E-state index contributed by atoms with van der Waals surface area (Å²) in [6.45, 7) is 5.51. The van der Waals surface area contributed by atoms with Crippen molar-refractivity contribution < 1.29 is 23.6 Å². The molecular formula is C22H22N2O5. The number of nitrogens with zero attached hydrogens (tertiary/aromatic N) is 1. The van der Waals surface area contributed by atoms with Crippen LogP contribution in [0.1, 0.15) is 32.9 Å². The van der Waals surface area contributed by atoms with E-state index in [0.29, 0.717) is 22.8 Å². The van der Waals surface area contributed by atoms with E-state index in [1.165, 1.54) is 0 Å². The molecule has 7 nitrogen and oxygen atoms in total. The second kappa shape index (κ2) is 9.05. The number of hydrogen-bond acceptors (Lipinski definition) is 6. The monoisotopic (exact) mass is 394 g/mol. The first-order chi connectivity index (χ1) is 13.9. The molecular weight excluding hydrogens is 372 g/mol. The van der Waals surface area contributed by atoms with Crippen LogP contribution in [0.5, 0.6) is 5.75 Å². The highest BCUT2D eigenvalue weighted by atomic mass is 16.5. The fraction of sp³-hybridized carbons (Fsp3) is 0.227. The zero-order valence-electron chi connectivity index (χ0n) is 16.5. The summed E-state index contributed by atoms with van der Waals surface area (Å²) in [5, 5.41) is 6.56. The lowest BCUT2D eigenvalue weighted by Gasteiger charge is -2.09. The molecule has 0 fully saturated rings. The van der Waals surface area contributed by atoms with Crippen LogP contribution in [-0.2, 0) is 16.1 Å². The summed E-state index contributed by atoms with van der Waals surface area (Å²) in [6.07, 6.45) is 0. The van der Waals surface area contributed by atoms with E-state index in [1.807, 2.05) is 32.9 Å². The highest BCUT2D eigenvalue weighted by molar-refractivity contribution is 5.95. The molecule has 7 heteroatoms. The van der Waals surface area contributed by atoms with Crippen LogP contribution < -0.4 is 10.1 Å². The summed E-state index contributed by atoms with van der Waals surface area (Å²) in [4.78, 5) is 24.2. The van der Waals surface area contributed by atoms with E-state index in [-0.39, 0.29) is 13.2 Å². The van der Waals surface area contributed by atoms with Crippen LogP contribution in [-0.4, -0.2) is 23.6 Å². The van der Waals surface area contributed by atoms with Crippen molar-refractivity contribution in [3.63, 3.8) is 0 Å². The molecule has 0 saturated heterocycles. The lowest BCUT2D eigenvalue weighted by Crippen LogP contribution is -2.20. The molecule has 0 bridgehead atoms. The molecule has 150 valence electrons. The standard InChI is InChI=1S/C22H22N2O5/c1-14-7-9-18(10-8-14)23-21(25)13-28-22(26)17-5-4-6-19(11-17)27-12-20-15(2)24-29-16(20)3/h4-11H,12-13H2,1-3H3,(H,23,25). The van der Waals surface area contributed by atoms with Gasteiger partial charge in [0.25, 0.3) is 5.91 Å². The van der Waals surface area contributed by atoms with Gasteiger partial charge >= 0.3 is 5.97 Å². The van der Waals surface area contributed by atoms with E-state index in [9.17, 15) is 9.59 Å². The number of rotatable bonds is 7. The van der Waals surface area contributed by atoms with E-state index < -0.39 is 11.9 Å². The van der Waals surface area contributed by atoms with E-state index in [2.05, 4.69) is 10.5 Å². The Morgan fingerprint density at radius 3 is 2.52 bits per heavy atom. The first-order valence-electron chi connectivity index (χ1n) is 9.10. The SMILES string of the molecule is Cc1ccc(NC(=O)COC(=O)c2cccc(OCc3c(C)noc3C)c2)cc1. The molecule has 0 saturated carbocycles. The molecule has 3 aromatic rings. The first-order valence-corrected chi connectivity index (χ1v) is 9.10. The molecule has 29 heavy (non-hydrogen) atoms. The minimum atomic E-state index is -0.605. The molecule has 1 aromatic heterocycles. The Bertz CT molecular complexity index is 989. The Morgan fingerprint density at radius 1 is 1.07 bits per heavy atom. The minimum absolute atomic E-state index is 0.276. The Labute approximate surface area is 168 Å². The van der Waals surface area contributed by atoms with Gasteiger partial charge in [0.2, 0.25) is 0 Å². The number of hydrogen-bond donors (Lipinski definition) is 1. The van der Waals surface area contributed by atoms with Gasteiger partial charge in [0.15, 0.2) is 6.61 Å². The number of benzene rings is 2. The van der Waals surface area contributed by atoms with Gasteiger partial charge in [-0.1, -0.05) is 28.9 Å². The maximum absolute atomic E-state index is 12.3. The van der Waals surface area contributed by atoms with Gasteiger partial charge in [-0.3, -0.25) is 4.79 Å². The van der Waals surface area contributed by atoms with Crippen LogP contribution in [0, 0.1) is 20.8 Å². The average molecular weight is 394 g/mol. The maximum atomic E-state index is 12.3. The topological polar surface area (TPSA) is 90.7 Å². The summed E-state index contributed by atoms with van der Waals surface area (Å²) >= 11 is 0. The second-order valence-corrected chi connectivity index (χ2v) is 6.61. The van der Waals surface area contributed by atoms with Crippen LogP contribution in [0.2, 0.25) is 0 Å². The molecule has 1 N–H and O–H groups in total. The highest BCUT2D eigenvalue weighted by Gasteiger charge is 2.13. The largest absolute Gasteiger partial charge is 0.489 e. The molecule has 0 aliphatic heterocycles. The van der Waals surface area contributed by atoms with Gasteiger partial charge in [0, 0.05) is 5.69 Å². The van der Waals surface area contributed by atoms with Gasteiger partial charge in [-0.05, 0) is 51.1 Å². The van der Waals surface area contributed by atoms with E-state index >= 15 is 0 Å². The summed E-state index contributed by atoms with van der Waals surface area (Å²) in [5.41, 5.74) is 3.66. The Morgan fingerprint density at radius 2 is 1.83 bits per heavy atom. The van der Waals surface area contributed by atoms with E-state index in [4.69, 9.17) is 14.0 Å². The van der Waals surface area contributed by atoms with Crippen molar-refractivity contribution in [1.82, 2.24) is 5.16 Å². The molecule has 1 amide bonds. The number of amides is 1. The summed E-state index contributed by atoms with van der Waals surface area (Å²) in [7, 11) is 0. The Kier molecular flexibility index (Phi) is 6.29. The third-order valence-corrected chi connectivity index (χ3v) is 4.30. The average Bonchev–Trinajstić information content (AvgIpc) is 3.04. The lowest BCUT2D eigenvalue weighted by molar-refractivity contribution is -0.119. The van der Waals surface area contributed by atoms with Gasteiger partial charge in [-0.15, -0.1) is 0 Å². The van der Waals surface area contributed by atoms with Gasteiger partial charge < -0.3 is 19.3 Å². The van der Waals surface area contributed by atoms with Crippen molar-refractivity contribution in [2.24, 2.45) is 0 Å². The Hall–Kier alpha value is -3.61. The molecule has 0 unspecified atom stereocenters. The van der Waals surface area contributed by atoms with Crippen LogP contribution in [0.25, 0.3) is 0 Å². The van der Waals surface area contributed by atoms with Gasteiger partial charge in [-0.25, -0.2) is 4.79 Å². The summed E-state index contributed by atoms with van der Waals surface area (Å²) in [5.74, 6) is 0.182. The van der Waals surface area contributed by atoms with Crippen molar-refractivity contribution in [2.75, 3.05) is 11.9 Å². The predicted octanol–water partition coefficient (Wildman–Crippen LogP) is 3.97. The first kappa shape index (κ1) is 20.1. The number of aromatic nitrogens is 1. The number of ether oxygens (including phenoxy) is 2. The van der Waals surface area contributed by atoms with Gasteiger partial charge in [-0.2, -0.15) is 0 Å². The van der Waals surface area contributed by atoms with Crippen LogP contribution in [0.15, 0.2) is 53.1 Å². The van der Waals surface area contributed by atoms with Crippen LogP contribution in [0.3, 0.4) is 0 Å². The fourth-order valence-corrected chi connectivity index (χ4v) is 2.62. The predicted molar refractivity (Wildman–Crippen MR) is 107 cm³/mol. The van der Waals surface area contributed by atoms with Crippen molar-refractivity contribution in [3.8, 4) is 5.75 Å². The number of anilines is 1. The molecule has 3 rings (SSSR count). The van der Waals surface area contributed by atoms with Crippen LogP contribution >= 0.6 is 0 Å². The summed E-state index contributed by atoms with van der Waals surface area (Å²) < 4.78 is 15.9. The van der Waals surface area contributed by atoms with Crippen molar-refractivity contribution in [2.45, 2.75) is 27.4 Å². The number of aryl methyl sites for hydroxylation is 3. The van der Waals surface area contributed by atoms with Gasteiger partial charge in [0.1, 0.15) is 18.1 Å². The zero-order chi connectivity index (χ0) is 20.8. The molecule has 0 aliphatic rings. The number of carbonyl (C=O) groups excluding carboxylic acids is 2. The third kappa shape index (κ3) is 5.44. The number of nitrogens with one attached hydrogen (secondary N) is 1. The van der Waals surface area contributed by atoms with Crippen molar-refractivity contribution in [1.29, 1.82) is 0 Å². The van der Waals surface area contributed by atoms with E-state index in [1.54, 1.807) is 36.4 Å². The molecule has 0 spiro atoms. The zero-order valence-corrected chi connectivity index (χ0v) is 16.5. The van der Waals surface area contributed by atoms with Gasteiger partial charge in [0.05, 0.1) is 16.8 Å². The molecule has 2 aromatic carbocycles. The normalized spacial score (nSPS) is 10.4. The molecule has 0 aliphatic carbocycles. The van der Waals surface area contributed by atoms with Crippen molar-refractivity contribution in [3.05, 3.63) is 76.7 Å². The lowest BCUT2D eigenvalue weighted by atomic mass is 10.2. The quantitative estimate of drug-likeness (QED) is 0.610.